The number of cyclic esters (lactones) is 1. The normalized spacial score (nSPS) is 20.8. The molecule has 0 unspecified atom stereocenters. The molecule has 1 amide bonds. The topological polar surface area (TPSA) is 77.0 Å². The Labute approximate surface area is 164 Å². The highest BCUT2D eigenvalue weighted by molar-refractivity contribution is 5.70. The number of aliphatic hydroxyl groups is 1. The minimum absolute atomic E-state index is 0.0479. The van der Waals surface area contributed by atoms with Crippen molar-refractivity contribution >= 4 is 6.09 Å². The summed E-state index contributed by atoms with van der Waals surface area (Å²) in [5.41, 5.74) is 1.96. The van der Waals surface area contributed by atoms with Gasteiger partial charge in [-0.05, 0) is 11.1 Å². The summed E-state index contributed by atoms with van der Waals surface area (Å²) in [7, 11) is 0. The van der Waals surface area contributed by atoms with Crippen molar-refractivity contribution in [3.05, 3.63) is 84.4 Å². The molecule has 1 fully saturated rings. The maximum absolute atomic E-state index is 11.7. The molecule has 2 aromatic carbocycles. The van der Waals surface area contributed by atoms with Crippen LogP contribution in [0.25, 0.3) is 0 Å². The minimum atomic E-state index is -0.979. The third kappa shape index (κ3) is 5.42. The molecule has 1 aliphatic heterocycles. The predicted octanol–water partition coefficient (Wildman–Crippen LogP) is 2.81. The molecule has 2 N–H and O–H groups in total. The first-order valence-corrected chi connectivity index (χ1v) is 9.22. The smallest absolute Gasteiger partial charge is 0.408 e. The van der Waals surface area contributed by atoms with E-state index in [0.717, 1.165) is 11.1 Å². The number of ether oxygens (including phenoxy) is 3. The fourth-order valence-corrected chi connectivity index (χ4v) is 3.07. The van der Waals surface area contributed by atoms with Crippen LogP contribution in [0.2, 0.25) is 0 Å². The van der Waals surface area contributed by atoms with E-state index in [1.54, 1.807) is 6.08 Å². The van der Waals surface area contributed by atoms with Crippen molar-refractivity contribution in [1.29, 1.82) is 0 Å². The second-order valence-electron chi connectivity index (χ2n) is 6.61. The lowest BCUT2D eigenvalue weighted by atomic mass is 10.0. The van der Waals surface area contributed by atoms with Crippen LogP contribution in [0, 0.1) is 0 Å². The molecule has 3 rings (SSSR count). The van der Waals surface area contributed by atoms with Crippen LogP contribution in [0.15, 0.2) is 73.3 Å². The maximum atomic E-state index is 11.7. The van der Waals surface area contributed by atoms with E-state index in [1.807, 2.05) is 60.7 Å². The summed E-state index contributed by atoms with van der Waals surface area (Å²) in [6, 6.07) is 18.9. The number of aliphatic hydroxyl groups excluding tert-OH is 1. The van der Waals surface area contributed by atoms with Crippen LogP contribution in [0.5, 0.6) is 0 Å². The molecule has 1 aliphatic rings. The standard InChI is InChI=1S/C22H25NO5/c1-2-18-20(28-22(25)23-18)21(27-14-17-11-7-4-8-12-17)19(24)15-26-13-16-9-5-3-6-10-16/h2-12,18-21,24H,1,13-15H2,(H,23,25)/t18-,19+,20-,21-/m0/s1. The third-order valence-corrected chi connectivity index (χ3v) is 4.52. The average molecular weight is 383 g/mol. The summed E-state index contributed by atoms with van der Waals surface area (Å²) >= 11 is 0. The lowest BCUT2D eigenvalue weighted by molar-refractivity contribution is -0.122. The Hall–Kier alpha value is -2.67. The van der Waals surface area contributed by atoms with Gasteiger partial charge in [0.1, 0.15) is 12.2 Å². The van der Waals surface area contributed by atoms with Crippen molar-refractivity contribution in [3.63, 3.8) is 0 Å². The van der Waals surface area contributed by atoms with E-state index in [-0.39, 0.29) is 13.2 Å². The van der Waals surface area contributed by atoms with E-state index in [4.69, 9.17) is 14.2 Å². The number of alkyl carbamates (subject to hydrolysis) is 1. The van der Waals surface area contributed by atoms with E-state index >= 15 is 0 Å². The van der Waals surface area contributed by atoms with E-state index in [2.05, 4.69) is 11.9 Å². The molecule has 4 atom stereocenters. The summed E-state index contributed by atoms with van der Waals surface area (Å²) in [5.74, 6) is 0. The predicted molar refractivity (Wildman–Crippen MR) is 105 cm³/mol. The number of rotatable bonds is 10. The summed E-state index contributed by atoms with van der Waals surface area (Å²) < 4.78 is 17.0. The van der Waals surface area contributed by atoms with Crippen LogP contribution < -0.4 is 5.32 Å². The van der Waals surface area contributed by atoms with Gasteiger partial charge in [0.05, 0.1) is 25.9 Å². The number of carbonyl (C=O) groups excluding carboxylic acids is 1. The van der Waals surface area contributed by atoms with Gasteiger partial charge >= 0.3 is 6.09 Å². The monoisotopic (exact) mass is 383 g/mol. The van der Waals surface area contributed by atoms with Crippen LogP contribution in [-0.2, 0) is 27.4 Å². The van der Waals surface area contributed by atoms with Gasteiger partial charge < -0.3 is 24.6 Å². The lowest BCUT2D eigenvalue weighted by Gasteiger charge is -2.29. The zero-order valence-electron chi connectivity index (χ0n) is 15.6. The van der Waals surface area contributed by atoms with Gasteiger partial charge in [-0.25, -0.2) is 4.79 Å². The zero-order valence-corrected chi connectivity index (χ0v) is 15.6. The van der Waals surface area contributed by atoms with Gasteiger partial charge in [0.2, 0.25) is 0 Å². The van der Waals surface area contributed by atoms with E-state index in [1.165, 1.54) is 0 Å². The van der Waals surface area contributed by atoms with E-state index in [9.17, 15) is 9.90 Å². The van der Waals surface area contributed by atoms with Crippen molar-refractivity contribution < 1.29 is 24.1 Å². The minimum Gasteiger partial charge on any atom is -0.441 e. The van der Waals surface area contributed by atoms with Crippen molar-refractivity contribution in [3.8, 4) is 0 Å². The van der Waals surface area contributed by atoms with Crippen molar-refractivity contribution in [1.82, 2.24) is 5.32 Å². The molecule has 6 heteroatoms. The Balaban J connectivity index is 1.63. The first kappa shape index (κ1) is 20.1. The molecule has 0 bridgehead atoms. The van der Waals surface area contributed by atoms with Crippen LogP contribution in [0.3, 0.4) is 0 Å². The molecule has 1 heterocycles. The summed E-state index contributed by atoms with van der Waals surface area (Å²) in [6.07, 6.45) is -1.42. The van der Waals surface area contributed by atoms with Crippen LogP contribution >= 0.6 is 0 Å². The Morgan fingerprint density at radius 1 is 1.07 bits per heavy atom. The Morgan fingerprint density at radius 3 is 2.29 bits per heavy atom. The van der Waals surface area contributed by atoms with E-state index < -0.39 is 30.4 Å². The Morgan fingerprint density at radius 2 is 1.68 bits per heavy atom. The Kier molecular flexibility index (Phi) is 7.19. The molecule has 0 spiro atoms. The quantitative estimate of drug-likeness (QED) is 0.617. The molecule has 0 aliphatic carbocycles. The molecule has 0 radical (unpaired) electrons. The lowest BCUT2D eigenvalue weighted by Crippen LogP contribution is -2.47. The molecular formula is C22H25NO5. The zero-order chi connectivity index (χ0) is 19.8. The van der Waals surface area contributed by atoms with Crippen LogP contribution in [0.1, 0.15) is 11.1 Å². The van der Waals surface area contributed by atoms with Crippen LogP contribution in [0.4, 0.5) is 4.79 Å². The fourth-order valence-electron chi connectivity index (χ4n) is 3.07. The Bertz CT molecular complexity index is 752. The first-order valence-electron chi connectivity index (χ1n) is 9.22. The van der Waals surface area contributed by atoms with Crippen molar-refractivity contribution in [2.75, 3.05) is 6.61 Å². The largest absolute Gasteiger partial charge is 0.441 e. The fraction of sp³-hybridized carbons (Fsp3) is 0.318. The number of amides is 1. The summed E-state index contributed by atoms with van der Waals surface area (Å²) in [5, 5.41) is 13.4. The van der Waals surface area contributed by atoms with Crippen LogP contribution in [-0.4, -0.2) is 42.2 Å². The average Bonchev–Trinajstić information content (AvgIpc) is 3.10. The van der Waals surface area contributed by atoms with Gasteiger partial charge in [-0.15, -0.1) is 6.58 Å². The molecule has 148 valence electrons. The van der Waals surface area contributed by atoms with Gasteiger partial charge in [0.15, 0.2) is 6.10 Å². The third-order valence-electron chi connectivity index (χ3n) is 4.52. The van der Waals surface area contributed by atoms with Gasteiger partial charge in [0, 0.05) is 0 Å². The second-order valence-corrected chi connectivity index (χ2v) is 6.61. The van der Waals surface area contributed by atoms with Gasteiger partial charge in [-0.3, -0.25) is 0 Å². The SMILES string of the molecule is C=C[C@@H]1NC(=O)O[C@@H]1[C@@H](OCc1ccccc1)[C@H](O)COCc1ccccc1. The number of carbonyl (C=O) groups is 1. The molecule has 6 nitrogen and oxygen atoms in total. The second kappa shape index (κ2) is 10.0. The molecule has 2 aromatic rings. The number of benzene rings is 2. The first-order chi connectivity index (χ1) is 13.7. The number of nitrogens with one attached hydrogen (secondary N) is 1. The number of hydrogen-bond donors (Lipinski definition) is 2. The maximum Gasteiger partial charge on any atom is 0.408 e. The summed E-state index contributed by atoms with van der Waals surface area (Å²) in [4.78, 5) is 11.7. The highest BCUT2D eigenvalue weighted by atomic mass is 16.6. The molecule has 28 heavy (non-hydrogen) atoms. The van der Waals surface area contributed by atoms with Gasteiger partial charge in [-0.2, -0.15) is 0 Å². The van der Waals surface area contributed by atoms with Gasteiger partial charge in [-0.1, -0.05) is 66.7 Å². The van der Waals surface area contributed by atoms with Gasteiger partial charge in [0.25, 0.3) is 0 Å². The highest BCUT2D eigenvalue weighted by Gasteiger charge is 2.42. The summed E-state index contributed by atoms with van der Waals surface area (Å²) in [6.45, 7) is 4.42. The molecule has 0 saturated carbocycles. The van der Waals surface area contributed by atoms with Crippen molar-refractivity contribution in [2.45, 2.75) is 37.6 Å². The molecule has 0 aromatic heterocycles. The van der Waals surface area contributed by atoms with Crippen molar-refractivity contribution in [2.24, 2.45) is 0 Å². The highest BCUT2D eigenvalue weighted by Crippen LogP contribution is 2.21. The van der Waals surface area contributed by atoms with E-state index in [0.29, 0.717) is 6.61 Å². The molecular weight excluding hydrogens is 358 g/mol. The number of hydrogen-bond acceptors (Lipinski definition) is 5. The molecule has 1 saturated heterocycles.